The highest BCUT2D eigenvalue weighted by atomic mass is 16.4. The third-order valence-electron chi connectivity index (χ3n) is 4.80. The lowest BCUT2D eigenvalue weighted by molar-refractivity contribution is -0.151. The normalized spacial score (nSPS) is 31.3. The third kappa shape index (κ3) is 2.49. The molecule has 0 spiro atoms. The number of likely N-dealkylation sites (tertiary alicyclic amines) is 1. The molecule has 2 aliphatic rings. The van der Waals surface area contributed by atoms with Crippen LogP contribution >= 0.6 is 0 Å². The van der Waals surface area contributed by atoms with Gasteiger partial charge in [0, 0.05) is 11.6 Å². The number of piperidine rings is 1. The Labute approximate surface area is 104 Å². The van der Waals surface area contributed by atoms with Crippen molar-refractivity contribution in [1.82, 2.24) is 4.90 Å². The fourth-order valence-electron chi connectivity index (χ4n) is 3.78. The number of nitrogens with zero attached hydrogens (tertiary/aromatic N) is 1. The van der Waals surface area contributed by atoms with Crippen LogP contribution in [0.1, 0.15) is 58.8 Å². The van der Waals surface area contributed by atoms with Crippen LogP contribution < -0.4 is 0 Å². The first-order valence-electron chi connectivity index (χ1n) is 7.03. The minimum atomic E-state index is -0.615. The van der Waals surface area contributed by atoms with Crippen molar-refractivity contribution in [1.29, 1.82) is 0 Å². The van der Waals surface area contributed by atoms with E-state index in [9.17, 15) is 9.90 Å². The largest absolute Gasteiger partial charge is 0.481 e. The fourth-order valence-corrected chi connectivity index (χ4v) is 3.78. The van der Waals surface area contributed by atoms with Gasteiger partial charge in [0.15, 0.2) is 0 Å². The summed E-state index contributed by atoms with van der Waals surface area (Å²) in [4.78, 5) is 13.9. The molecule has 2 fully saturated rings. The number of carboxylic acid groups (broad SMARTS) is 1. The third-order valence-corrected chi connectivity index (χ3v) is 4.80. The van der Waals surface area contributed by atoms with Crippen LogP contribution in [-0.2, 0) is 4.79 Å². The van der Waals surface area contributed by atoms with E-state index in [0.717, 1.165) is 19.4 Å². The average Bonchev–Trinajstić information content (AvgIpc) is 2.28. The van der Waals surface area contributed by atoms with Gasteiger partial charge in [-0.05, 0) is 46.1 Å². The number of carbonyl (C=O) groups is 1. The van der Waals surface area contributed by atoms with E-state index in [0.29, 0.717) is 6.04 Å². The molecule has 1 aliphatic heterocycles. The number of hydrogen-bond acceptors (Lipinski definition) is 2. The number of hydrogen-bond donors (Lipinski definition) is 1. The summed E-state index contributed by atoms with van der Waals surface area (Å²) in [5.74, 6) is -0.811. The van der Waals surface area contributed by atoms with Crippen LogP contribution in [0.5, 0.6) is 0 Å². The Morgan fingerprint density at radius 2 is 1.76 bits per heavy atom. The van der Waals surface area contributed by atoms with Crippen LogP contribution in [-0.4, -0.2) is 34.1 Å². The standard InChI is InChI=1S/C14H25NO2/c1-14(2)12(13(16)17)9-6-10-15(14)11-7-4-3-5-8-11/h11-12H,3-10H2,1-2H3,(H,16,17). The highest BCUT2D eigenvalue weighted by molar-refractivity contribution is 5.71. The average molecular weight is 239 g/mol. The molecule has 0 amide bonds. The molecule has 0 aromatic heterocycles. The highest BCUT2D eigenvalue weighted by Crippen LogP contribution is 2.38. The quantitative estimate of drug-likeness (QED) is 0.805. The molecule has 1 heterocycles. The first kappa shape index (κ1) is 12.9. The lowest BCUT2D eigenvalue weighted by atomic mass is 9.76. The molecule has 1 N–H and O–H groups in total. The van der Waals surface area contributed by atoms with Gasteiger partial charge in [0.1, 0.15) is 0 Å². The topological polar surface area (TPSA) is 40.5 Å². The minimum Gasteiger partial charge on any atom is -0.481 e. The zero-order valence-corrected chi connectivity index (χ0v) is 11.1. The summed E-state index contributed by atoms with van der Waals surface area (Å²) in [5.41, 5.74) is -0.175. The van der Waals surface area contributed by atoms with Crippen LogP contribution in [0.3, 0.4) is 0 Å². The maximum atomic E-state index is 11.4. The number of aliphatic carboxylic acids is 1. The van der Waals surface area contributed by atoms with Gasteiger partial charge < -0.3 is 5.11 Å². The van der Waals surface area contributed by atoms with E-state index in [2.05, 4.69) is 18.7 Å². The van der Waals surface area contributed by atoms with Crippen LogP contribution in [0.2, 0.25) is 0 Å². The second kappa shape index (κ2) is 4.97. The Balaban J connectivity index is 2.12. The van der Waals surface area contributed by atoms with Gasteiger partial charge in [-0.3, -0.25) is 9.69 Å². The van der Waals surface area contributed by atoms with E-state index in [-0.39, 0.29) is 11.5 Å². The van der Waals surface area contributed by atoms with Gasteiger partial charge in [0.25, 0.3) is 0 Å². The van der Waals surface area contributed by atoms with Gasteiger partial charge >= 0.3 is 5.97 Å². The Bertz CT molecular complexity index is 282. The molecule has 1 saturated carbocycles. The van der Waals surface area contributed by atoms with E-state index in [1.807, 2.05) is 0 Å². The predicted molar refractivity (Wildman–Crippen MR) is 68.0 cm³/mol. The second-order valence-corrected chi connectivity index (χ2v) is 6.17. The summed E-state index contributed by atoms with van der Waals surface area (Å²) < 4.78 is 0. The van der Waals surface area contributed by atoms with Crippen LogP contribution in [0.25, 0.3) is 0 Å². The summed E-state index contributed by atoms with van der Waals surface area (Å²) in [6.45, 7) is 5.33. The molecule has 0 aromatic rings. The van der Waals surface area contributed by atoms with E-state index in [4.69, 9.17) is 0 Å². The summed E-state index contributed by atoms with van der Waals surface area (Å²) in [6.07, 6.45) is 8.38. The SMILES string of the molecule is CC1(C)C(C(=O)O)CCCN1C1CCCCC1. The number of rotatable bonds is 2. The monoisotopic (exact) mass is 239 g/mol. The zero-order chi connectivity index (χ0) is 12.5. The van der Waals surface area contributed by atoms with Gasteiger partial charge in [-0.15, -0.1) is 0 Å². The lowest BCUT2D eigenvalue weighted by Crippen LogP contribution is -2.59. The Hall–Kier alpha value is -0.570. The molecule has 3 nitrogen and oxygen atoms in total. The van der Waals surface area contributed by atoms with Gasteiger partial charge in [0.2, 0.25) is 0 Å². The summed E-state index contributed by atoms with van der Waals surface area (Å²) >= 11 is 0. The maximum absolute atomic E-state index is 11.4. The molecule has 2 rings (SSSR count). The molecule has 1 atom stereocenters. The zero-order valence-electron chi connectivity index (χ0n) is 11.1. The molecule has 1 saturated heterocycles. The molecule has 3 heteroatoms. The summed E-state index contributed by atoms with van der Waals surface area (Å²) in [7, 11) is 0. The van der Waals surface area contributed by atoms with E-state index in [1.54, 1.807) is 0 Å². The first-order chi connectivity index (χ1) is 8.03. The molecule has 0 aromatic carbocycles. The van der Waals surface area contributed by atoms with Crippen molar-refractivity contribution in [2.75, 3.05) is 6.54 Å². The van der Waals surface area contributed by atoms with E-state index in [1.165, 1.54) is 32.1 Å². The van der Waals surface area contributed by atoms with Crippen LogP contribution in [0.15, 0.2) is 0 Å². The molecular weight excluding hydrogens is 214 g/mol. The predicted octanol–water partition coefficient (Wildman–Crippen LogP) is 2.89. The Kier molecular flexibility index (Phi) is 3.76. The second-order valence-electron chi connectivity index (χ2n) is 6.17. The van der Waals surface area contributed by atoms with E-state index >= 15 is 0 Å². The Morgan fingerprint density at radius 1 is 1.12 bits per heavy atom. The van der Waals surface area contributed by atoms with Gasteiger partial charge in [-0.25, -0.2) is 0 Å². The Morgan fingerprint density at radius 3 is 2.35 bits per heavy atom. The molecule has 1 aliphatic carbocycles. The van der Waals surface area contributed by atoms with Crippen molar-refractivity contribution in [2.24, 2.45) is 5.92 Å². The lowest BCUT2D eigenvalue weighted by Gasteiger charge is -2.51. The summed E-state index contributed by atoms with van der Waals surface area (Å²) in [5, 5.41) is 9.36. The molecule has 98 valence electrons. The molecule has 17 heavy (non-hydrogen) atoms. The minimum absolute atomic E-state index is 0.175. The molecule has 0 bridgehead atoms. The smallest absolute Gasteiger partial charge is 0.308 e. The van der Waals surface area contributed by atoms with Crippen molar-refractivity contribution in [3.63, 3.8) is 0 Å². The van der Waals surface area contributed by atoms with Crippen LogP contribution in [0.4, 0.5) is 0 Å². The van der Waals surface area contributed by atoms with Crippen LogP contribution in [0, 0.1) is 5.92 Å². The van der Waals surface area contributed by atoms with E-state index < -0.39 is 5.97 Å². The fraction of sp³-hybridized carbons (Fsp3) is 0.929. The maximum Gasteiger partial charge on any atom is 0.308 e. The molecule has 1 unspecified atom stereocenters. The molecular formula is C14H25NO2. The highest BCUT2D eigenvalue weighted by Gasteiger charge is 2.45. The number of carboxylic acids is 1. The van der Waals surface area contributed by atoms with Crippen molar-refractivity contribution >= 4 is 5.97 Å². The van der Waals surface area contributed by atoms with Gasteiger partial charge in [-0.1, -0.05) is 19.3 Å². The van der Waals surface area contributed by atoms with Gasteiger partial charge in [0.05, 0.1) is 5.92 Å². The summed E-state index contributed by atoms with van der Waals surface area (Å²) in [6, 6.07) is 0.626. The van der Waals surface area contributed by atoms with Crippen molar-refractivity contribution in [3.05, 3.63) is 0 Å². The first-order valence-corrected chi connectivity index (χ1v) is 7.03. The van der Waals surface area contributed by atoms with Crippen molar-refractivity contribution < 1.29 is 9.90 Å². The molecule has 0 radical (unpaired) electrons. The van der Waals surface area contributed by atoms with Crippen molar-refractivity contribution in [3.8, 4) is 0 Å². The van der Waals surface area contributed by atoms with Gasteiger partial charge in [-0.2, -0.15) is 0 Å². The van der Waals surface area contributed by atoms with Crippen molar-refractivity contribution in [2.45, 2.75) is 70.4 Å².